The Kier molecular flexibility index (Phi) is 11.7. The van der Waals surface area contributed by atoms with Crippen molar-refractivity contribution in [3.63, 3.8) is 0 Å². The summed E-state index contributed by atoms with van der Waals surface area (Å²) in [4.78, 5) is 0. The standard InChI is InChI=1S/C15H16.C14H14O.C14H14/c1-12-3-7-14(8-4-12)11-15-9-5-13(2)6-10-15;1-11-3-7-13(8-4-11)15-14-9-5-12(2)6-10-14;1-11-3-7-13(8-4-11)14-9-5-12(2)6-10-14/h3-10H,11H2,1-2H3;3-10H,1-2H3;3-10H,1-2H3. The number of aryl methyl sites for hydroxylation is 6. The quantitative estimate of drug-likeness (QED) is 0.198. The lowest BCUT2D eigenvalue weighted by molar-refractivity contribution is 0.482. The van der Waals surface area contributed by atoms with Gasteiger partial charge >= 0.3 is 0 Å². The van der Waals surface area contributed by atoms with Gasteiger partial charge < -0.3 is 4.74 Å². The molecule has 6 rings (SSSR count). The molecule has 1 nitrogen and oxygen atoms in total. The normalized spacial score (nSPS) is 10.1. The van der Waals surface area contributed by atoms with Crippen LogP contribution in [0.25, 0.3) is 11.1 Å². The molecule has 0 unspecified atom stereocenters. The highest BCUT2D eigenvalue weighted by molar-refractivity contribution is 5.63. The number of ether oxygens (including phenoxy) is 1. The first-order valence-electron chi connectivity index (χ1n) is 15.3. The summed E-state index contributed by atoms with van der Waals surface area (Å²) < 4.78 is 5.69. The van der Waals surface area contributed by atoms with Crippen molar-refractivity contribution in [3.05, 3.63) is 190 Å². The van der Waals surface area contributed by atoms with Crippen LogP contribution in [0.3, 0.4) is 0 Å². The van der Waals surface area contributed by atoms with Crippen molar-refractivity contribution in [1.82, 2.24) is 0 Å². The number of rotatable bonds is 5. The van der Waals surface area contributed by atoms with Crippen LogP contribution in [0.1, 0.15) is 44.5 Å². The van der Waals surface area contributed by atoms with E-state index >= 15 is 0 Å². The molecule has 0 aliphatic carbocycles. The molecule has 0 N–H and O–H groups in total. The number of hydrogen-bond donors (Lipinski definition) is 0. The molecule has 6 aromatic rings. The molecule has 0 spiro atoms. The first kappa shape index (κ1) is 32.0. The Morgan fingerprint density at radius 2 is 0.523 bits per heavy atom. The van der Waals surface area contributed by atoms with Gasteiger partial charge in [0.2, 0.25) is 0 Å². The van der Waals surface area contributed by atoms with Crippen molar-refractivity contribution in [1.29, 1.82) is 0 Å². The summed E-state index contributed by atoms with van der Waals surface area (Å²) in [5.74, 6) is 1.76. The molecule has 6 aromatic carbocycles. The lowest BCUT2D eigenvalue weighted by Crippen LogP contribution is -1.88. The first-order valence-corrected chi connectivity index (χ1v) is 15.3. The van der Waals surface area contributed by atoms with Gasteiger partial charge in [-0.05, 0) is 94.5 Å². The van der Waals surface area contributed by atoms with Gasteiger partial charge in [0.15, 0.2) is 0 Å². The maximum atomic E-state index is 5.69. The van der Waals surface area contributed by atoms with E-state index < -0.39 is 0 Å². The van der Waals surface area contributed by atoms with E-state index in [1.165, 1.54) is 55.6 Å². The first-order chi connectivity index (χ1) is 21.2. The second-order valence-electron chi connectivity index (χ2n) is 11.6. The van der Waals surface area contributed by atoms with Gasteiger partial charge in [-0.3, -0.25) is 0 Å². The van der Waals surface area contributed by atoms with E-state index in [2.05, 4.69) is 139 Å². The van der Waals surface area contributed by atoms with Crippen LogP contribution in [-0.2, 0) is 6.42 Å². The summed E-state index contributed by atoms with van der Waals surface area (Å²) in [7, 11) is 0. The van der Waals surface area contributed by atoms with E-state index in [4.69, 9.17) is 4.74 Å². The Balaban J connectivity index is 0.000000151. The lowest BCUT2D eigenvalue weighted by Gasteiger charge is -2.05. The van der Waals surface area contributed by atoms with E-state index in [1.54, 1.807) is 0 Å². The van der Waals surface area contributed by atoms with Crippen LogP contribution >= 0.6 is 0 Å². The maximum absolute atomic E-state index is 5.69. The fraction of sp³-hybridized carbons (Fsp3) is 0.163. The molecule has 222 valence electrons. The van der Waals surface area contributed by atoms with Crippen molar-refractivity contribution in [2.75, 3.05) is 0 Å². The fourth-order valence-electron chi connectivity index (χ4n) is 4.49. The highest BCUT2D eigenvalue weighted by Gasteiger charge is 1.98. The average Bonchev–Trinajstić information content (AvgIpc) is 3.03. The van der Waals surface area contributed by atoms with Crippen molar-refractivity contribution in [2.45, 2.75) is 48.0 Å². The zero-order chi connectivity index (χ0) is 31.3. The van der Waals surface area contributed by atoms with Crippen LogP contribution in [0.2, 0.25) is 0 Å². The van der Waals surface area contributed by atoms with E-state index in [-0.39, 0.29) is 0 Å². The summed E-state index contributed by atoms with van der Waals surface area (Å²) in [6, 6.07) is 50.9. The molecule has 0 radical (unpaired) electrons. The summed E-state index contributed by atoms with van der Waals surface area (Å²) in [6.45, 7) is 12.6. The lowest BCUT2D eigenvalue weighted by atomic mass is 10.0. The van der Waals surface area contributed by atoms with Gasteiger partial charge in [0.25, 0.3) is 0 Å². The topological polar surface area (TPSA) is 9.23 Å². The third kappa shape index (κ3) is 10.7. The number of hydrogen-bond acceptors (Lipinski definition) is 1. The van der Waals surface area contributed by atoms with E-state index in [1.807, 2.05) is 48.5 Å². The third-order valence-electron chi connectivity index (χ3n) is 7.36. The van der Waals surface area contributed by atoms with Crippen LogP contribution in [0.5, 0.6) is 11.5 Å². The van der Waals surface area contributed by atoms with Gasteiger partial charge in [-0.25, -0.2) is 0 Å². The van der Waals surface area contributed by atoms with Gasteiger partial charge in [0.1, 0.15) is 11.5 Å². The largest absolute Gasteiger partial charge is 0.457 e. The van der Waals surface area contributed by atoms with E-state index in [0.717, 1.165) is 17.9 Å². The van der Waals surface area contributed by atoms with Crippen molar-refractivity contribution in [3.8, 4) is 22.6 Å². The molecule has 0 aliphatic heterocycles. The maximum Gasteiger partial charge on any atom is 0.127 e. The van der Waals surface area contributed by atoms with Crippen LogP contribution in [-0.4, -0.2) is 0 Å². The smallest absolute Gasteiger partial charge is 0.127 e. The Hall–Kier alpha value is -4.88. The van der Waals surface area contributed by atoms with Gasteiger partial charge in [0.05, 0.1) is 0 Å². The molecule has 0 fully saturated rings. The highest BCUT2D eigenvalue weighted by atomic mass is 16.5. The van der Waals surface area contributed by atoms with Gasteiger partial charge in [0, 0.05) is 0 Å². The van der Waals surface area contributed by atoms with Gasteiger partial charge in [-0.1, -0.05) is 155 Å². The Labute approximate surface area is 264 Å². The Morgan fingerprint density at radius 3 is 0.795 bits per heavy atom. The monoisotopic (exact) mass is 576 g/mol. The molecule has 0 aliphatic rings. The molecule has 0 amide bonds. The third-order valence-corrected chi connectivity index (χ3v) is 7.36. The molecule has 0 saturated carbocycles. The summed E-state index contributed by atoms with van der Waals surface area (Å²) in [6.07, 6.45) is 1.03. The second-order valence-corrected chi connectivity index (χ2v) is 11.6. The fourth-order valence-corrected chi connectivity index (χ4v) is 4.49. The van der Waals surface area contributed by atoms with Gasteiger partial charge in [-0.2, -0.15) is 0 Å². The Bertz CT molecular complexity index is 1460. The second kappa shape index (κ2) is 16.1. The molecule has 44 heavy (non-hydrogen) atoms. The zero-order valence-electron chi connectivity index (χ0n) is 27.0. The molecular weight excluding hydrogens is 532 g/mol. The molecule has 0 aromatic heterocycles. The van der Waals surface area contributed by atoms with E-state index in [0.29, 0.717) is 0 Å². The Morgan fingerprint density at radius 1 is 0.295 bits per heavy atom. The van der Waals surface area contributed by atoms with Crippen LogP contribution in [0.4, 0.5) is 0 Å². The minimum absolute atomic E-state index is 0.879. The minimum Gasteiger partial charge on any atom is -0.457 e. The zero-order valence-corrected chi connectivity index (χ0v) is 27.0. The molecule has 0 heterocycles. The van der Waals surface area contributed by atoms with Crippen LogP contribution in [0.15, 0.2) is 146 Å². The summed E-state index contributed by atoms with van der Waals surface area (Å²) in [5.41, 5.74) is 13.1. The molecular formula is C43H44O. The average molecular weight is 577 g/mol. The molecule has 0 atom stereocenters. The highest BCUT2D eigenvalue weighted by Crippen LogP contribution is 2.22. The molecule has 0 bridgehead atoms. The van der Waals surface area contributed by atoms with Crippen molar-refractivity contribution >= 4 is 0 Å². The van der Waals surface area contributed by atoms with Crippen LogP contribution in [0, 0.1) is 41.5 Å². The van der Waals surface area contributed by atoms with Crippen molar-refractivity contribution < 1.29 is 4.74 Å². The molecule has 0 saturated heterocycles. The summed E-state index contributed by atoms with van der Waals surface area (Å²) >= 11 is 0. The van der Waals surface area contributed by atoms with Gasteiger partial charge in [-0.15, -0.1) is 0 Å². The SMILES string of the molecule is Cc1ccc(-c2ccc(C)cc2)cc1.Cc1ccc(Cc2ccc(C)cc2)cc1.Cc1ccc(Oc2ccc(C)cc2)cc1. The number of benzene rings is 6. The predicted molar refractivity (Wildman–Crippen MR) is 189 cm³/mol. The predicted octanol–water partition coefficient (Wildman–Crippen LogP) is 12.0. The summed E-state index contributed by atoms with van der Waals surface area (Å²) in [5, 5.41) is 0. The van der Waals surface area contributed by atoms with Crippen molar-refractivity contribution in [2.24, 2.45) is 0 Å². The van der Waals surface area contributed by atoms with Crippen LogP contribution < -0.4 is 4.74 Å². The molecule has 1 heteroatoms. The van der Waals surface area contributed by atoms with E-state index in [9.17, 15) is 0 Å². The minimum atomic E-state index is 0.879.